The maximum atomic E-state index is 8.99. The van der Waals surface area contributed by atoms with Crippen molar-refractivity contribution >= 4 is 5.82 Å². The van der Waals surface area contributed by atoms with Crippen molar-refractivity contribution in [2.45, 2.75) is 20.5 Å². The van der Waals surface area contributed by atoms with Gasteiger partial charge >= 0.3 is 0 Å². The first-order valence-corrected chi connectivity index (χ1v) is 6.17. The van der Waals surface area contributed by atoms with Gasteiger partial charge in [-0.3, -0.25) is 0 Å². The van der Waals surface area contributed by atoms with Crippen LogP contribution in [0.5, 0.6) is 11.6 Å². The van der Waals surface area contributed by atoms with Crippen LogP contribution in [0.15, 0.2) is 30.6 Å². The number of aliphatic hydroxyl groups is 1. The minimum absolute atomic E-state index is 0.0252. The largest absolute Gasteiger partial charge is 0.439 e. The zero-order valence-electron chi connectivity index (χ0n) is 11.1. The summed E-state index contributed by atoms with van der Waals surface area (Å²) in [7, 11) is 0. The number of aromatic nitrogens is 2. The molecule has 0 saturated heterocycles. The lowest BCUT2D eigenvalue weighted by atomic mass is 10.2. The zero-order chi connectivity index (χ0) is 13.7. The van der Waals surface area contributed by atoms with Gasteiger partial charge in [0.05, 0.1) is 12.2 Å². The van der Waals surface area contributed by atoms with Crippen molar-refractivity contribution < 1.29 is 9.84 Å². The maximum Gasteiger partial charge on any atom is 0.227 e. The van der Waals surface area contributed by atoms with Crippen LogP contribution in [-0.4, -0.2) is 21.6 Å². The Balaban J connectivity index is 2.20. The molecule has 2 aromatic rings. The normalized spacial score (nSPS) is 10.3. The van der Waals surface area contributed by atoms with Gasteiger partial charge in [-0.15, -0.1) is 0 Å². The molecule has 0 spiro atoms. The van der Waals surface area contributed by atoms with Crippen LogP contribution in [0.25, 0.3) is 0 Å². The highest BCUT2D eigenvalue weighted by molar-refractivity contribution is 5.48. The molecule has 0 fully saturated rings. The molecule has 0 radical (unpaired) electrons. The fourth-order valence-electron chi connectivity index (χ4n) is 1.66. The topological polar surface area (TPSA) is 67.3 Å². The van der Waals surface area contributed by atoms with Gasteiger partial charge in [0.25, 0.3) is 0 Å². The molecule has 0 atom stereocenters. The number of rotatable bonds is 5. The van der Waals surface area contributed by atoms with Gasteiger partial charge in [-0.1, -0.05) is 12.1 Å². The van der Waals surface area contributed by atoms with Gasteiger partial charge in [0, 0.05) is 6.54 Å². The monoisotopic (exact) mass is 259 g/mol. The van der Waals surface area contributed by atoms with Crippen LogP contribution in [0.1, 0.15) is 18.1 Å². The third-order valence-corrected chi connectivity index (χ3v) is 2.70. The van der Waals surface area contributed by atoms with Crippen molar-refractivity contribution in [2.24, 2.45) is 0 Å². The molecular formula is C14H17N3O2. The van der Waals surface area contributed by atoms with E-state index in [2.05, 4.69) is 15.3 Å². The van der Waals surface area contributed by atoms with Crippen LogP contribution >= 0.6 is 0 Å². The average molecular weight is 259 g/mol. The molecule has 5 nitrogen and oxygen atoms in total. The smallest absolute Gasteiger partial charge is 0.227 e. The van der Waals surface area contributed by atoms with E-state index in [1.165, 1.54) is 6.33 Å². The number of aliphatic hydroxyl groups excluding tert-OH is 1. The molecule has 1 heterocycles. The predicted molar refractivity (Wildman–Crippen MR) is 73.4 cm³/mol. The Morgan fingerprint density at radius 2 is 1.95 bits per heavy atom. The van der Waals surface area contributed by atoms with E-state index in [-0.39, 0.29) is 6.61 Å². The van der Waals surface area contributed by atoms with Crippen LogP contribution in [0.2, 0.25) is 0 Å². The van der Waals surface area contributed by atoms with E-state index in [9.17, 15) is 0 Å². The van der Waals surface area contributed by atoms with Crippen LogP contribution in [0.3, 0.4) is 0 Å². The van der Waals surface area contributed by atoms with E-state index < -0.39 is 0 Å². The lowest BCUT2D eigenvalue weighted by Gasteiger charge is -2.11. The minimum Gasteiger partial charge on any atom is -0.439 e. The van der Waals surface area contributed by atoms with Crippen molar-refractivity contribution in [2.75, 3.05) is 11.9 Å². The highest BCUT2D eigenvalue weighted by Crippen LogP contribution is 2.26. The SMILES string of the molecule is CCNc1ncnc(Oc2ccc(CO)cc2)c1C. The number of ether oxygens (including phenoxy) is 1. The third kappa shape index (κ3) is 3.20. The second-order valence-corrected chi connectivity index (χ2v) is 4.09. The summed E-state index contributed by atoms with van der Waals surface area (Å²) in [6.07, 6.45) is 1.47. The molecule has 0 unspecified atom stereocenters. The Morgan fingerprint density at radius 3 is 2.58 bits per heavy atom. The van der Waals surface area contributed by atoms with Crippen molar-refractivity contribution in [1.29, 1.82) is 0 Å². The molecular weight excluding hydrogens is 242 g/mol. The van der Waals surface area contributed by atoms with Crippen LogP contribution in [0.4, 0.5) is 5.82 Å². The molecule has 0 aliphatic rings. The van der Waals surface area contributed by atoms with Gasteiger partial charge in [-0.2, -0.15) is 0 Å². The summed E-state index contributed by atoms with van der Waals surface area (Å²) in [5, 5.41) is 12.1. The van der Waals surface area contributed by atoms with Gasteiger partial charge in [-0.05, 0) is 31.5 Å². The quantitative estimate of drug-likeness (QED) is 0.863. The summed E-state index contributed by atoms with van der Waals surface area (Å²) in [6.45, 7) is 4.74. The van der Waals surface area contributed by atoms with Crippen LogP contribution in [-0.2, 0) is 6.61 Å². The highest BCUT2D eigenvalue weighted by atomic mass is 16.5. The molecule has 2 rings (SSSR count). The maximum absolute atomic E-state index is 8.99. The summed E-state index contributed by atoms with van der Waals surface area (Å²) in [6, 6.07) is 7.24. The van der Waals surface area contributed by atoms with Crippen LogP contribution in [0, 0.1) is 6.92 Å². The van der Waals surface area contributed by atoms with Gasteiger partial charge in [-0.25, -0.2) is 9.97 Å². The van der Waals surface area contributed by atoms with E-state index in [0.29, 0.717) is 11.6 Å². The Bertz CT molecular complexity index is 541. The molecule has 1 aromatic heterocycles. The molecule has 0 aliphatic carbocycles. The summed E-state index contributed by atoms with van der Waals surface area (Å²) in [5.41, 5.74) is 1.72. The van der Waals surface area contributed by atoms with Crippen LogP contribution < -0.4 is 10.1 Å². The molecule has 0 saturated carbocycles. The molecule has 0 bridgehead atoms. The van der Waals surface area contributed by atoms with Gasteiger partial charge in [0.15, 0.2) is 0 Å². The fraction of sp³-hybridized carbons (Fsp3) is 0.286. The first-order valence-electron chi connectivity index (χ1n) is 6.17. The minimum atomic E-state index is 0.0252. The number of hydrogen-bond donors (Lipinski definition) is 2. The Morgan fingerprint density at radius 1 is 1.21 bits per heavy atom. The zero-order valence-corrected chi connectivity index (χ0v) is 11.1. The molecule has 0 aliphatic heterocycles. The summed E-state index contributed by atoms with van der Waals surface area (Å²) in [5.74, 6) is 1.99. The highest BCUT2D eigenvalue weighted by Gasteiger charge is 2.08. The summed E-state index contributed by atoms with van der Waals surface area (Å²) >= 11 is 0. The second kappa shape index (κ2) is 6.15. The summed E-state index contributed by atoms with van der Waals surface area (Å²) < 4.78 is 5.72. The lowest BCUT2D eigenvalue weighted by molar-refractivity contribution is 0.281. The number of nitrogens with one attached hydrogen (secondary N) is 1. The Labute approximate surface area is 112 Å². The Kier molecular flexibility index (Phi) is 4.30. The molecule has 100 valence electrons. The third-order valence-electron chi connectivity index (χ3n) is 2.70. The molecule has 19 heavy (non-hydrogen) atoms. The molecule has 1 aromatic carbocycles. The van der Waals surface area contributed by atoms with E-state index in [4.69, 9.17) is 9.84 Å². The number of hydrogen-bond acceptors (Lipinski definition) is 5. The standard InChI is InChI=1S/C14H17N3O2/c1-3-15-13-10(2)14(17-9-16-13)19-12-6-4-11(8-18)5-7-12/h4-7,9,18H,3,8H2,1-2H3,(H,15,16,17). The van der Waals surface area contributed by atoms with Crippen molar-refractivity contribution in [3.63, 3.8) is 0 Å². The van der Waals surface area contributed by atoms with E-state index in [1.807, 2.05) is 26.0 Å². The van der Waals surface area contributed by atoms with Crippen molar-refractivity contribution in [1.82, 2.24) is 9.97 Å². The number of anilines is 1. The number of benzene rings is 1. The number of nitrogens with zero attached hydrogens (tertiary/aromatic N) is 2. The van der Waals surface area contributed by atoms with Gasteiger partial charge < -0.3 is 15.2 Å². The lowest BCUT2D eigenvalue weighted by Crippen LogP contribution is -2.03. The first kappa shape index (κ1) is 13.3. The van der Waals surface area contributed by atoms with Crippen molar-refractivity contribution in [3.8, 4) is 11.6 Å². The summed E-state index contributed by atoms with van der Waals surface area (Å²) in [4.78, 5) is 8.30. The fourth-order valence-corrected chi connectivity index (χ4v) is 1.66. The molecule has 0 amide bonds. The molecule has 2 N–H and O–H groups in total. The van der Waals surface area contributed by atoms with E-state index in [1.54, 1.807) is 12.1 Å². The first-order chi connectivity index (χ1) is 9.24. The average Bonchev–Trinajstić information content (AvgIpc) is 2.44. The van der Waals surface area contributed by atoms with Crippen molar-refractivity contribution in [3.05, 3.63) is 41.7 Å². The molecule has 5 heteroatoms. The van der Waals surface area contributed by atoms with Gasteiger partial charge in [0.2, 0.25) is 5.88 Å². The van der Waals surface area contributed by atoms with E-state index in [0.717, 1.165) is 23.5 Å². The van der Waals surface area contributed by atoms with E-state index >= 15 is 0 Å². The predicted octanol–water partition coefficient (Wildman–Crippen LogP) is 2.50. The second-order valence-electron chi connectivity index (χ2n) is 4.09. The Hall–Kier alpha value is -2.14. The van der Waals surface area contributed by atoms with Gasteiger partial charge in [0.1, 0.15) is 17.9 Å².